The summed E-state index contributed by atoms with van der Waals surface area (Å²) < 4.78 is 1.07. The molecule has 4 heteroatoms. The van der Waals surface area contributed by atoms with Crippen LogP contribution in [0.2, 0.25) is 0 Å². The highest BCUT2D eigenvalue weighted by Gasteiger charge is 2.36. The maximum atomic E-state index is 12.7. The number of thioether (sulfide) groups is 2. The molecule has 1 nitrogen and oxygen atoms in total. The fourth-order valence-electron chi connectivity index (χ4n) is 3.29. The summed E-state index contributed by atoms with van der Waals surface area (Å²) in [7, 11) is 0. The van der Waals surface area contributed by atoms with Crippen molar-refractivity contribution >= 4 is 45.2 Å². The van der Waals surface area contributed by atoms with Crippen molar-refractivity contribution < 1.29 is 4.79 Å². The number of benzene rings is 2. The van der Waals surface area contributed by atoms with Crippen LogP contribution in [0.1, 0.15) is 33.5 Å². The fraction of sp³-hybridized carbons (Fsp3) is 0.316. The quantitative estimate of drug-likeness (QED) is 0.580. The van der Waals surface area contributed by atoms with Crippen LogP contribution < -0.4 is 0 Å². The lowest BCUT2D eigenvalue weighted by Gasteiger charge is -2.37. The van der Waals surface area contributed by atoms with Gasteiger partial charge in [0.2, 0.25) is 0 Å². The van der Waals surface area contributed by atoms with Crippen LogP contribution in [0, 0.1) is 0 Å². The molecule has 2 aromatic rings. The molecular weight excluding hydrogens is 388 g/mol. The third-order valence-corrected chi connectivity index (χ3v) is 8.64. The van der Waals surface area contributed by atoms with E-state index in [2.05, 4.69) is 46.3 Å². The lowest BCUT2D eigenvalue weighted by atomic mass is 9.94. The van der Waals surface area contributed by atoms with Crippen LogP contribution in [-0.2, 0) is 16.9 Å². The molecule has 1 spiro atoms. The van der Waals surface area contributed by atoms with Gasteiger partial charge in [0.05, 0.1) is 4.08 Å². The van der Waals surface area contributed by atoms with Gasteiger partial charge in [-0.25, -0.2) is 0 Å². The second-order valence-electron chi connectivity index (χ2n) is 6.09. The topological polar surface area (TPSA) is 17.1 Å². The molecular formula is C19H17BrOS2. The van der Waals surface area contributed by atoms with E-state index >= 15 is 0 Å². The van der Waals surface area contributed by atoms with Crippen LogP contribution in [0.5, 0.6) is 0 Å². The predicted octanol–water partition coefficient (Wildman–Crippen LogP) is 5.45. The summed E-state index contributed by atoms with van der Waals surface area (Å²) in [5.41, 5.74) is 4.56. The van der Waals surface area contributed by atoms with Crippen LogP contribution in [0.25, 0.3) is 0 Å². The van der Waals surface area contributed by atoms with E-state index in [1.54, 1.807) is 0 Å². The molecule has 23 heavy (non-hydrogen) atoms. The molecule has 0 atom stereocenters. The van der Waals surface area contributed by atoms with E-state index in [-0.39, 0.29) is 9.86 Å². The molecule has 1 fully saturated rings. The maximum Gasteiger partial charge on any atom is 0.167 e. The lowest BCUT2D eigenvalue weighted by molar-refractivity contribution is 0.0992. The molecule has 2 aromatic carbocycles. The normalized spacial score (nSPS) is 19.6. The van der Waals surface area contributed by atoms with Crippen molar-refractivity contribution in [3.63, 3.8) is 0 Å². The van der Waals surface area contributed by atoms with E-state index in [4.69, 9.17) is 0 Å². The second kappa shape index (κ2) is 6.30. The molecule has 0 amide bonds. The van der Waals surface area contributed by atoms with Crippen molar-refractivity contribution in [2.75, 3.05) is 11.5 Å². The number of Topliss-reactive ketones (excluding diaryl/α,β-unsaturated/α-hetero) is 1. The van der Waals surface area contributed by atoms with Gasteiger partial charge < -0.3 is 0 Å². The van der Waals surface area contributed by atoms with Gasteiger partial charge in [0.1, 0.15) is 0 Å². The average molecular weight is 405 g/mol. The lowest BCUT2D eigenvalue weighted by Crippen LogP contribution is -2.26. The molecule has 1 aliphatic carbocycles. The minimum absolute atomic E-state index is 0.0387. The predicted molar refractivity (Wildman–Crippen MR) is 104 cm³/mol. The van der Waals surface area contributed by atoms with Crippen LogP contribution >= 0.6 is 39.5 Å². The van der Waals surface area contributed by atoms with Crippen molar-refractivity contribution in [3.05, 3.63) is 69.2 Å². The van der Waals surface area contributed by atoms with Crippen molar-refractivity contribution in [3.8, 4) is 0 Å². The molecule has 0 saturated carbocycles. The molecule has 1 saturated heterocycles. The Morgan fingerprint density at radius 2 is 1.87 bits per heavy atom. The zero-order chi connectivity index (χ0) is 15.9. The average Bonchev–Trinajstić information content (AvgIpc) is 2.58. The highest BCUT2D eigenvalue weighted by atomic mass is 79.9. The summed E-state index contributed by atoms with van der Waals surface area (Å²) in [6.45, 7) is 0. The highest BCUT2D eigenvalue weighted by Crippen LogP contribution is 2.52. The van der Waals surface area contributed by atoms with Crippen molar-refractivity contribution in [2.24, 2.45) is 0 Å². The van der Waals surface area contributed by atoms with E-state index in [0.717, 1.165) is 22.0 Å². The first-order valence-corrected chi connectivity index (χ1v) is 10.6. The number of hydrogen-bond donors (Lipinski definition) is 0. The first kappa shape index (κ1) is 15.8. The monoisotopic (exact) mass is 404 g/mol. The molecule has 118 valence electrons. The number of halogens is 1. The van der Waals surface area contributed by atoms with Gasteiger partial charge in [-0.05, 0) is 46.7 Å². The Morgan fingerprint density at radius 3 is 2.70 bits per heavy atom. The molecule has 0 aromatic heterocycles. The number of ketones is 1. The largest absolute Gasteiger partial charge is 0.294 e. The highest BCUT2D eigenvalue weighted by molar-refractivity contribution is 9.10. The molecule has 1 aliphatic heterocycles. The van der Waals surface area contributed by atoms with E-state index in [0.29, 0.717) is 6.42 Å². The van der Waals surface area contributed by atoms with Gasteiger partial charge in [-0.1, -0.05) is 46.3 Å². The molecule has 2 aliphatic rings. The maximum absolute atomic E-state index is 12.7. The number of carbonyl (C=O) groups is 1. The summed E-state index contributed by atoms with van der Waals surface area (Å²) in [5, 5.41) is 0. The second-order valence-corrected chi connectivity index (χ2v) is 9.99. The minimum Gasteiger partial charge on any atom is -0.294 e. The summed E-state index contributed by atoms with van der Waals surface area (Å²) in [5.74, 6) is 2.58. The van der Waals surface area contributed by atoms with Gasteiger partial charge in [-0.3, -0.25) is 4.79 Å². The Morgan fingerprint density at radius 1 is 1.04 bits per heavy atom. The van der Waals surface area contributed by atoms with Gasteiger partial charge in [0.25, 0.3) is 0 Å². The molecule has 4 bridgehead atoms. The zero-order valence-electron chi connectivity index (χ0n) is 12.7. The standard InChI is InChI=1S/C19H17BrOS2/c20-17-6-5-13-9-15(17)11-18(21)14-3-1-4-16(10-14)19(12-13)22-7-2-8-23-19/h1,3-6,9-10H,2,7-8,11-12H2. The van der Waals surface area contributed by atoms with Crippen LogP contribution in [-0.4, -0.2) is 17.3 Å². The van der Waals surface area contributed by atoms with Crippen molar-refractivity contribution in [2.45, 2.75) is 23.3 Å². The SMILES string of the molecule is O=C1Cc2cc(ccc2Br)CC2(SCCCS2)c2cccc1c2. The van der Waals surface area contributed by atoms with Gasteiger partial charge >= 0.3 is 0 Å². The summed E-state index contributed by atoms with van der Waals surface area (Å²) in [6.07, 6.45) is 2.74. The number of fused-ring (bicyclic) bond motifs is 5. The third kappa shape index (κ3) is 3.01. The van der Waals surface area contributed by atoms with E-state index < -0.39 is 0 Å². The zero-order valence-corrected chi connectivity index (χ0v) is 15.9. The number of rotatable bonds is 0. The van der Waals surface area contributed by atoms with Crippen molar-refractivity contribution in [1.29, 1.82) is 0 Å². The van der Waals surface area contributed by atoms with Gasteiger partial charge in [-0.15, -0.1) is 23.5 Å². The molecule has 1 heterocycles. The van der Waals surface area contributed by atoms with Crippen LogP contribution in [0.4, 0.5) is 0 Å². The molecule has 0 N–H and O–H groups in total. The van der Waals surface area contributed by atoms with Crippen molar-refractivity contribution in [1.82, 2.24) is 0 Å². The molecule has 0 radical (unpaired) electrons. The van der Waals surface area contributed by atoms with E-state index in [1.807, 2.05) is 35.7 Å². The Hall–Kier alpha value is -0.710. The van der Waals surface area contributed by atoms with Gasteiger partial charge in [0.15, 0.2) is 5.78 Å². The van der Waals surface area contributed by atoms with E-state index in [1.165, 1.54) is 29.1 Å². The third-order valence-electron chi connectivity index (χ3n) is 4.48. The smallest absolute Gasteiger partial charge is 0.167 e. The Balaban J connectivity index is 1.89. The van der Waals surface area contributed by atoms with Crippen LogP contribution in [0.3, 0.4) is 0 Å². The fourth-order valence-corrected chi connectivity index (χ4v) is 7.06. The minimum atomic E-state index is 0.0387. The summed E-state index contributed by atoms with van der Waals surface area (Å²) >= 11 is 7.69. The molecule has 0 unspecified atom stereocenters. The van der Waals surface area contributed by atoms with Gasteiger partial charge in [0, 0.05) is 22.9 Å². The molecule has 4 rings (SSSR count). The van der Waals surface area contributed by atoms with Gasteiger partial charge in [-0.2, -0.15) is 0 Å². The summed E-state index contributed by atoms with van der Waals surface area (Å²) in [4.78, 5) is 12.7. The summed E-state index contributed by atoms with van der Waals surface area (Å²) in [6, 6.07) is 14.8. The van der Waals surface area contributed by atoms with E-state index in [9.17, 15) is 4.79 Å². The first-order valence-electron chi connectivity index (χ1n) is 7.85. The first-order chi connectivity index (χ1) is 11.2. The Labute approximate surface area is 153 Å². The number of hydrogen-bond acceptors (Lipinski definition) is 3. The number of carbonyl (C=O) groups excluding carboxylic acids is 1. The Bertz CT molecular complexity index is 766. The van der Waals surface area contributed by atoms with Crippen LogP contribution in [0.15, 0.2) is 46.9 Å². The Kier molecular flexibility index (Phi) is 4.33.